The fourth-order valence-corrected chi connectivity index (χ4v) is 6.00. The van der Waals surface area contributed by atoms with Crippen molar-refractivity contribution in [1.82, 2.24) is 0 Å². The largest absolute Gasteiger partial charge is 0.481 e. The molecule has 4 aliphatic carbocycles. The molecule has 0 aromatic heterocycles. The number of hydrogen-bond acceptors (Lipinski definition) is 4. The van der Waals surface area contributed by atoms with Crippen LogP contribution in [0.1, 0.15) is 38.5 Å². The summed E-state index contributed by atoms with van der Waals surface area (Å²) in [7, 11) is 0. The van der Waals surface area contributed by atoms with E-state index in [1.807, 2.05) is 0 Å². The van der Waals surface area contributed by atoms with Crippen LogP contribution in [0.4, 0.5) is 0 Å². The number of fused-ring (bicyclic) bond motifs is 4. The summed E-state index contributed by atoms with van der Waals surface area (Å²) in [4.78, 5) is 43.4. The molecule has 4 saturated carbocycles. The van der Waals surface area contributed by atoms with Gasteiger partial charge in [0.1, 0.15) is 0 Å². The third-order valence-corrected chi connectivity index (χ3v) is 6.97. The minimum Gasteiger partial charge on any atom is -0.481 e. The molecular formula is C18H24O8. The summed E-state index contributed by atoms with van der Waals surface area (Å²) in [6.45, 7) is 0. The summed E-state index contributed by atoms with van der Waals surface area (Å²) in [5, 5.41) is 35.6. The Hall–Kier alpha value is -2.12. The maximum absolute atomic E-state index is 10.8. The van der Waals surface area contributed by atoms with Gasteiger partial charge in [0.05, 0.1) is 23.7 Å². The molecule has 8 nitrogen and oxygen atoms in total. The van der Waals surface area contributed by atoms with Gasteiger partial charge in [0.15, 0.2) is 0 Å². The lowest BCUT2D eigenvalue weighted by Gasteiger charge is -2.24. The van der Waals surface area contributed by atoms with E-state index in [0.717, 1.165) is 38.5 Å². The topological polar surface area (TPSA) is 149 Å². The minimum absolute atomic E-state index is 0.114. The Labute approximate surface area is 150 Å². The fraction of sp³-hybridized carbons (Fsp3) is 0.778. The lowest BCUT2D eigenvalue weighted by Crippen LogP contribution is -2.34. The maximum Gasteiger partial charge on any atom is 0.307 e. The lowest BCUT2D eigenvalue weighted by molar-refractivity contribution is -0.156. The van der Waals surface area contributed by atoms with Crippen molar-refractivity contribution < 1.29 is 39.6 Å². The zero-order valence-electron chi connectivity index (χ0n) is 14.3. The van der Waals surface area contributed by atoms with Crippen molar-refractivity contribution in [1.29, 1.82) is 0 Å². The van der Waals surface area contributed by atoms with E-state index in [1.165, 1.54) is 0 Å². The smallest absolute Gasteiger partial charge is 0.307 e. The van der Waals surface area contributed by atoms with Gasteiger partial charge in [-0.15, -0.1) is 0 Å². The van der Waals surface area contributed by atoms with Gasteiger partial charge >= 0.3 is 23.9 Å². The molecule has 0 saturated heterocycles. The maximum atomic E-state index is 10.8. The molecule has 0 aromatic carbocycles. The molecule has 0 aromatic rings. The predicted octanol–water partition coefficient (Wildman–Crippen LogP) is 1.64. The minimum atomic E-state index is -0.931. The first-order valence-corrected chi connectivity index (χ1v) is 9.13. The molecule has 4 N–H and O–H groups in total. The average molecular weight is 368 g/mol. The average Bonchev–Trinajstić information content (AvgIpc) is 3.32. The van der Waals surface area contributed by atoms with Crippen molar-refractivity contribution in [2.24, 2.45) is 47.3 Å². The van der Waals surface area contributed by atoms with Gasteiger partial charge in [-0.05, 0) is 62.2 Å². The summed E-state index contributed by atoms with van der Waals surface area (Å²) >= 11 is 0. The molecule has 0 spiro atoms. The van der Waals surface area contributed by atoms with Crippen LogP contribution in [-0.4, -0.2) is 44.3 Å². The molecule has 8 unspecified atom stereocenters. The highest BCUT2D eigenvalue weighted by Crippen LogP contribution is 2.53. The number of carboxylic acids is 4. The molecule has 0 aliphatic heterocycles. The van der Waals surface area contributed by atoms with E-state index in [9.17, 15) is 19.2 Å². The van der Waals surface area contributed by atoms with Crippen molar-refractivity contribution in [3.63, 3.8) is 0 Å². The molecule has 4 rings (SSSR count). The SMILES string of the molecule is O=C(O)C1C2CCC(C2)C1C(=O)O.O=C(O)C1C2CCC(C2)C1C(=O)O. The second-order valence-electron chi connectivity index (χ2n) is 8.12. The molecule has 144 valence electrons. The van der Waals surface area contributed by atoms with E-state index < -0.39 is 47.5 Å². The van der Waals surface area contributed by atoms with E-state index in [1.54, 1.807) is 0 Å². The quantitative estimate of drug-likeness (QED) is 0.585. The van der Waals surface area contributed by atoms with Crippen LogP contribution >= 0.6 is 0 Å². The first-order chi connectivity index (χ1) is 12.2. The van der Waals surface area contributed by atoms with Gasteiger partial charge in [-0.1, -0.05) is 0 Å². The van der Waals surface area contributed by atoms with Gasteiger partial charge in [0, 0.05) is 0 Å². The van der Waals surface area contributed by atoms with Gasteiger partial charge in [-0.3, -0.25) is 19.2 Å². The Balaban J connectivity index is 0.000000151. The first kappa shape index (κ1) is 18.7. The standard InChI is InChI=1S/2C9H12O4/c2*10-8(11)6-4-1-2-5(3-4)7(6)9(12)13/h2*4-7H,1-3H2,(H,10,11)(H,12,13). The van der Waals surface area contributed by atoms with Gasteiger partial charge in [0.2, 0.25) is 0 Å². The van der Waals surface area contributed by atoms with Gasteiger partial charge in [-0.25, -0.2) is 0 Å². The van der Waals surface area contributed by atoms with Crippen molar-refractivity contribution in [2.45, 2.75) is 38.5 Å². The zero-order chi connectivity index (χ0) is 19.2. The molecule has 8 heteroatoms. The molecule has 8 atom stereocenters. The highest BCUT2D eigenvalue weighted by atomic mass is 16.4. The first-order valence-electron chi connectivity index (χ1n) is 9.13. The lowest BCUT2D eigenvalue weighted by atomic mass is 9.79. The van der Waals surface area contributed by atoms with Crippen LogP contribution in [0.3, 0.4) is 0 Å². The van der Waals surface area contributed by atoms with E-state index in [-0.39, 0.29) is 23.7 Å². The molecule has 0 heterocycles. The van der Waals surface area contributed by atoms with Crippen LogP contribution in [-0.2, 0) is 19.2 Å². The fourth-order valence-electron chi connectivity index (χ4n) is 6.00. The van der Waals surface area contributed by atoms with Crippen LogP contribution < -0.4 is 0 Å². The summed E-state index contributed by atoms with van der Waals surface area (Å²) in [6.07, 6.45) is 5.18. The number of carbonyl (C=O) groups is 4. The van der Waals surface area contributed by atoms with E-state index in [2.05, 4.69) is 0 Å². The second-order valence-corrected chi connectivity index (χ2v) is 8.12. The zero-order valence-corrected chi connectivity index (χ0v) is 14.3. The van der Waals surface area contributed by atoms with Crippen molar-refractivity contribution in [3.8, 4) is 0 Å². The third kappa shape index (κ3) is 3.05. The van der Waals surface area contributed by atoms with Crippen LogP contribution in [0.5, 0.6) is 0 Å². The highest BCUT2D eigenvalue weighted by Gasteiger charge is 2.55. The van der Waals surface area contributed by atoms with Crippen molar-refractivity contribution in [3.05, 3.63) is 0 Å². The van der Waals surface area contributed by atoms with Crippen molar-refractivity contribution >= 4 is 23.9 Å². The molecule has 4 aliphatic rings. The predicted molar refractivity (Wildman–Crippen MR) is 86.2 cm³/mol. The number of carboxylic acid groups (broad SMARTS) is 4. The van der Waals surface area contributed by atoms with Crippen molar-refractivity contribution in [2.75, 3.05) is 0 Å². The molecule has 0 radical (unpaired) electrons. The van der Waals surface area contributed by atoms with Crippen LogP contribution in [0.15, 0.2) is 0 Å². The Morgan fingerprint density at radius 2 is 0.654 bits per heavy atom. The van der Waals surface area contributed by atoms with Gasteiger partial charge < -0.3 is 20.4 Å². The molecule has 26 heavy (non-hydrogen) atoms. The second kappa shape index (κ2) is 6.89. The Kier molecular flexibility index (Phi) is 4.94. The summed E-state index contributed by atoms with van der Waals surface area (Å²) in [6, 6.07) is 0. The summed E-state index contributed by atoms with van der Waals surface area (Å²) in [5.74, 6) is -5.78. The Bertz CT molecular complexity index is 523. The van der Waals surface area contributed by atoms with Crippen LogP contribution in [0.2, 0.25) is 0 Å². The summed E-state index contributed by atoms with van der Waals surface area (Å²) < 4.78 is 0. The molecular weight excluding hydrogens is 344 g/mol. The number of rotatable bonds is 4. The summed E-state index contributed by atoms with van der Waals surface area (Å²) in [5.41, 5.74) is 0. The van der Waals surface area contributed by atoms with E-state index in [0.29, 0.717) is 0 Å². The Morgan fingerprint density at radius 1 is 0.462 bits per heavy atom. The monoisotopic (exact) mass is 368 g/mol. The third-order valence-electron chi connectivity index (χ3n) is 6.97. The normalized spacial score (nSPS) is 42.2. The van der Waals surface area contributed by atoms with E-state index >= 15 is 0 Å². The number of hydrogen-bond donors (Lipinski definition) is 4. The van der Waals surface area contributed by atoms with Gasteiger partial charge in [-0.2, -0.15) is 0 Å². The van der Waals surface area contributed by atoms with Crippen LogP contribution in [0.25, 0.3) is 0 Å². The van der Waals surface area contributed by atoms with E-state index in [4.69, 9.17) is 20.4 Å². The number of aliphatic carboxylic acids is 4. The van der Waals surface area contributed by atoms with Gasteiger partial charge in [0.25, 0.3) is 0 Å². The molecule has 0 amide bonds. The highest BCUT2D eigenvalue weighted by molar-refractivity contribution is 5.82. The van der Waals surface area contributed by atoms with Crippen LogP contribution in [0, 0.1) is 47.3 Å². The molecule has 4 bridgehead atoms. The Morgan fingerprint density at radius 3 is 0.808 bits per heavy atom. The molecule has 4 fully saturated rings.